The summed E-state index contributed by atoms with van der Waals surface area (Å²) in [7, 11) is -4.37. The van der Waals surface area contributed by atoms with Crippen LogP contribution in [0, 0.1) is 5.82 Å². The molecular weight excluding hydrogens is 405 g/mol. The summed E-state index contributed by atoms with van der Waals surface area (Å²) in [5.41, 5.74) is 0.274. The molecule has 0 unspecified atom stereocenters. The van der Waals surface area contributed by atoms with E-state index in [-0.39, 0.29) is 18.0 Å². The molecule has 1 amide bonds. The average Bonchev–Trinajstić information content (AvgIpc) is 2.49. The van der Waals surface area contributed by atoms with Gasteiger partial charge in [0.1, 0.15) is 16.5 Å². The molecule has 0 fully saturated rings. The first-order valence-electron chi connectivity index (χ1n) is 6.75. The molecule has 9 heteroatoms. The van der Waals surface area contributed by atoms with Gasteiger partial charge in [-0.05, 0) is 37.3 Å². The van der Waals surface area contributed by atoms with Gasteiger partial charge in [-0.3, -0.25) is 5.32 Å². The molecule has 1 N–H and O–H groups in total. The summed E-state index contributed by atoms with van der Waals surface area (Å²) < 4.78 is 48.2. The van der Waals surface area contributed by atoms with Gasteiger partial charge < -0.3 is 8.92 Å². The van der Waals surface area contributed by atoms with Crippen molar-refractivity contribution in [3.63, 3.8) is 0 Å². The van der Waals surface area contributed by atoms with Crippen LogP contribution in [0.2, 0.25) is 0 Å². The second-order valence-electron chi connectivity index (χ2n) is 4.49. The highest BCUT2D eigenvalue weighted by atomic mass is 79.9. The maximum absolute atomic E-state index is 13.8. The van der Waals surface area contributed by atoms with Crippen molar-refractivity contribution in [3.8, 4) is 5.75 Å². The molecule has 2 aromatic carbocycles. The Balaban J connectivity index is 2.24. The normalized spacial score (nSPS) is 11.0. The Morgan fingerprint density at radius 1 is 1.25 bits per heavy atom. The molecular formula is C15H13BrFNO5S. The van der Waals surface area contributed by atoms with Crippen molar-refractivity contribution in [1.29, 1.82) is 0 Å². The van der Waals surface area contributed by atoms with E-state index < -0.39 is 26.9 Å². The highest BCUT2D eigenvalue weighted by Crippen LogP contribution is 2.25. The van der Waals surface area contributed by atoms with Gasteiger partial charge in [0.15, 0.2) is 0 Å². The van der Waals surface area contributed by atoms with Crippen LogP contribution in [0.3, 0.4) is 0 Å². The molecule has 0 bridgehead atoms. The molecule has 0 aromatic heterocycles. The molecule has 0 aliphatic rings. The maximum Gasteiger partial charge on any atom is 0.411 e. The fraction of sp³-hybridized carbons (Fsp3) is 0.133. The molecule has 0 aliphatic carbocycles. The van der Waals surface area contributed by atoms with Gasteiger partial charge in [-0.1, -0.05) is 22.0 Å². The van der Waals surface area contributed by atoms with Crippen LogP contribution in [-0.2, 0) is 14.9 Å². The fourth-order valence-electron chi connectivity index (χ4n) is 1.75. The monoisotopic (exact) mass is 417 g/mol. The van der Waals surface area contributed by atoms with Crippen LogP contribution in [0.25, 0.3) is 0 Å². The number of amides is 1. The number of rotatable bonds is 5. The van der Waals surface area contributed by atoms with E-state index in [0.717, 1.165) is 12.1 Å². The van der Waals surface area contributed by atoms with Crippen molar-refractivity contribution in [2.24, 2.45) is 0 Å². The van der Waals surface area contributed by atoms with Gasteiger partial charge in [-0.2, -0.15) is 8.42 Å². The van der Waals surface area contributed by atoms with Gasteiger partial charge in [0.05, 0.1) is 6.61 Å². The first-order valence-corrected chi connectivity index (χ1v) is 8.95. The summed E-state index contributed by atoms with van der Waals surface area (Å²) in [6.07, 6.45) is -0.685. The molecule has 0 heterocycles. The molecule has 2 rings (SSSR count). The molecule has 0 spiro atoms. The van der Waals surface area contributed by atoms with Gasteiger partial charge >= 0.3 is 16.2 Å². The van der Waals surface area contributed by atoms with E-state index in [1.807, 2.05) is 0 Å². The van der Waals surface area contributed by atoms with Crippen LogP contribution >= 0.6 is 15.9 Å². The maximum atomic E-state index is 13.8. The molecule has 0 saturated heterocycles. The van der Waals surface area contributed by atoms with Crippen LogP contribution in [0.5, 0.6) is 5.75 Å². The van der Waals surface area contributed by atoms with E-state index in [2.05, 4.69) is 21.2 Å². The first-order chi connectivity index (χ1) is 11.3. The molecule has 0 aliphatic heterocycles. The Morgan fingerprint density at radius 3 is 2.71 bits per heavy atom. The highest BCUT2D eigenvalue weighted by molar-refractivity contribution is 9.10. The van der Waals surface area contributed by atoms with Crippen LogP contribution in [0.1, 0.15) is 6.92 Å². The van der Waals surface area contributed by atoms with E-state index in [1.54, 1.807) is 6.92 Å². The van der Waals surface area contributed by atoms with Crippen LogP contribution in [-0.4, -0.2) is 21.1 Å². The number of hydrogen-bond donors (Lipinski definition) is 1. The third kappa shape index (κ3) is 4.68. The van der Waals surface area contributed by atoms with Crippen molar-refractivity contribution in [3.05, 3.63) is 52.8 Å². The zero-order valence-electron chi connectivity index (χ0n) is 12.5. The third-order valence-electron chi connectivity index (χ3n) is 2.72. The van der Waals surface area contributed by atoms with Crippen molar-refractivity contribution in [2.75, 3.05) is 11.9 Å². The molecule has 128 valence electrons. The standard InChI is InChI=1S/C15H13BrFNO5S/c1-2-22-15(19)18-11-4-3-5-12(9-11)23-24(20,21)14-8-10(16)6-7-13(14)17/h3-9H,2H2,1H3,(H,18,19). The first kappa shape index (κ1) is 18.2. The SMILES string of the molecule is CCOC(=O)Nc1cccc(OS(=O)(=O)c2cc(Br)ccc2F)c1. The van der Waals surface area contributed by atoms with Crippen LogP contribution < -0.4 is 9.50 Å². The minimum absolute atomic E-state index is 0.0799. The fourth-order valence-corrected chi connectivity index (χ4v) is 3.29. The minimum Gasteiger partial charge on any atom is -0.450 e. The molecule has 24 heavy (non-hydrogen) atoms. The van der Waals surface area contributed by atoms with Crippen molar-refractivity contribution >= 4 is 37.8 Å². The van der Waals surface area contributed by atoms with Crippen LogP contribution in [0.15, 0.2) is 51.8 Å². The highest BCUT2D eigenvalue weighted by Gasteiger charge is 2.22. The predicted molar refractivity (Wildman–Crippen MR) is 89.0 cm³/mol. The summed E-state index contributed by atoms with van der Waals surface area (Å²) in [6.45, 7) is 1.84. The van der Waals surface area contributed by atoms with Gasteiger partial charge in [-0.25, -0.2) is 9.18 Å². The summed E-state index contributed by atoms with van der Waals surface area (Å²) in [5, 5.41) is 2.41. The molecule has 0 saturated carbocycles. The van der Waals surface area contributed by atoms with Gasteiger partial charge in [-0.15, -0.1) is 0 Å². The summed E-state index contributed by atoms with van der Waals surface area (Å²) >= 11 is 3.08. The van der Waals surface area contributed by atoms with Crippen molar-refractivity contribution in [1.82, 2.24) is 0 Å². The lowest BCUT2D eigenvalue weighted by Gasteiger charge is -2.10. The summed E-state index contributed by atoms with van der Waals surface area (Å²) in [6, 6.07) is 9.14. The number of halogens is 2. The van der Waals surface area contributed by atoms with Crippen molar-refractivity contribution in [2.45, 2.75) is 11.8 Å². The number of benzene rings is 2. The summed E-state index contributed by atoms with van der Waals surface area (Å²) in [4.78, 5) is 10.8. The topological polar surface area (TPSA) is 81.7 Å². The number of nitrogens with one attached hydrogen (secondary N) is 1. The zero-order chi connectivity index (χ0) is 17.7. The zero-order valence-corrected chi connectivity index (χ0v) is 14.9. The van der Waals surface area contributed by atoms with Crippen molar-refractivity contribution < 1.29 is 26.5 Å². The molecule has 0 radical (unpaired) electrons. The Labute approximate surface area is 146 Å². The van der Waals surface area contributed by atoms with E-state index in [9.17, 15) is 17.6 Å². The van der Waals surface area contributed by atoms with E-state index in [0.29, 0.717) is 4.47 Å². The lowest BCUT2D eigenvalue weighted by molar-refractivity contribution is 0.168. The Hall–Kier alpha value is -2.13. The number of carbonyl (C=O) groups excluding carboxylic acids is 1. The predicted octanol–water partition coefficient (Wildman–Crippen LogP) is 3.92. The molecule has 6 nitrogen and oxygen atoms in total. The van der Waals surface area contributed by atoms with E-state index in [1.165, 1.54) is 30.3 Å². The van der Waals surface area contributed by atoms with E-state index >= 15 is 0 Å². The Morgan fingerprint density at radius 2 is 2.00 bits per heavy atom. The lowest BCUT2D eigenvalue weighted by atomic mass is 10.3. The number of hydrogen-bond acceptors (Lipinski definition) is 5. The number of anilines is 1. The minimum atomic E-state index is -4.37. The largest absolute Gasteiger partial charge is 0.450 e. The van der Waals surface area contributed by atoms with Gasteiger partial charge in [0.2, 0.25) is 0 Å². The second-order valence-corrected chi connectivity index (χ2v) is 6.92. The average molecular weight is 418 g/mol. The quantitative estimate of drug-likeness (QED) is 0.745. The molecule has 2 aromatic rings. The Kier molecular flexibility index (Phi) is 5.79. The van der Waals surface area contributed by atoms with Gasteiger partial charge in [0, 0.05) is 16.2 Å². The third-order valence-corrected chi connectivity index (χ3v) is 4.48. The van der Waals surface area contributed by atoms with Gasteiger partial charge in [0.25, 0.3) is 0 Å². The Bertz CT molecular complexity index is 857. The van der Waals surface area contributed by atoms with E-state index in [4.69, 9.17) is 8.92 Å². The smallest absolute Gasteiger partial charge is 0.411 e. The molecule has 0 atom stereocenters. The second kappa shape index (κ2) is 7.63. The summed E-state index contributed by atoms with van der Waals surface area (Å²) in [5.74, 6) is -1.01. The number of ether oxygens (including phenoxy) is 1. The van der Waals surface area contributed by atoms with Crippen LogP contribution in [0.4, 0.5) is 14.9 Å². The lowest BCUT2D eigenvalue weighted by Crippen LogP contribution is -2.14. The number of carbonyl (C=O) groups is 1.